The van der Waals surface area contributed by atoms with E-state index in [1.54, 1.807) is 12.1 Å². The first kappa shape index (κ1) is 13.8. The zero-order valence-electron chi connectivity index (χ0n) is 10.9. The van der Waals surface area contributed by atoms with E-state index in [2.05, 4.69) is 15.9 Å². The van der Waals surface area contributed by atoms with Gasteiger partial charge in [-0.1, -0.05) is 18.9 Å². The Morgan fingerprint density at radius 1 is 1.40 bits per heavy atom. The molecule has 2 saturated carbocycles. The molecule has 2 aliphatic carbocycles. The lowest BCUT2D eigenvalue weighted by molar-refractivity contribution is -0.385. The first-order valence-electron chi connectivity index (χ1n) is 6.82. The Hall–Kier alpha value is -1.14. The van der Waals surface area contributed by atoms with Gasteiger partial charge in [0.2, 0.25) is 0 Å². The highest BCUT2D eigenvalue weighted by atomic mass is 79.9. The maximum atomic E-state index is 10.9. The number of aliphatic hydroxyl groups excluding tert-OH is 1. The fourth-order valence-corrected chi connectivity index (χ4v) is 3.97. The van der Waals surface area contributed by atoms with Crippen LogP contribution in [0.15, 0.2) is 22.7 Å². The number of benzene rings is 1. The van der Waals surface area contributed by atoms with E-state index in [1.807, 2.05) is 0 Å². The number of aliphatic hydroxyl groups is 1. The summed E-state index contributed by atoms with van der Waals surface area (Å²) >= 11 is 3.25. The first-order chi connectivity index (χ1) is 9.54. The second-order valence-electron chi connectivity index (χ2n) is 5.64. The molecule has 0 heterocycles. The molecule has 6 heteroatoms. The average Bonchev–Trinajstić information content (AvgIpc) is 2.92. The van der Waals surface area contributed by atoms with Gasteiger partial charge in [-0.3, -0.25) is 10.1 Å². The summed E-state index contributed by atoms with van der Waals surface area (Å²) in [5.41, 5.74) is -0.132. The van der Waals surface area contributed by atoms with Crippen molar-refractivity contribution < 1.29 is 14.8 Å². The van der Waals surface area contributed by atoms with Crippen molar-refractivity contribution in [2.45, 2.75) is 44.3 Å². The van der Waals surface area contributed by atoms with Gasteiger partial charge in [-0.25, -0.2) is 0 Å². The van der Waals surface area contributed by atoms with Gasteiger partial charge in [0, 0.05) is 17.9 Å². The fraction of sp³-hybridized carbons (Fsp3) is 0.571. The van der Waals surface area contributed by atoms with Crippen LogP contribution in [0.1, 0.15) is 32.1 Å². The van der Waals surface area contributed by atoms with Crippen molar-refractivity contribution in [3.8, 4) is 5.75 Å². The molecule has 1 aromatic carbocycles. The van der Waals surface area contributed by atoms with Gasteiger partial charge in [0.05, 0.1) is 11.0 Å². The third-order valence-corrected chi connectivity index (χ3v) is 5.48. The Balaban J connectivity index is 1.82. The van der Waals surface area contributed by atoms with Crippen molar-refractivity contribution in [1.29, 1.82) is 0 Å². The van der Waals surface area contributed by atoms with Crippen LogP contribution in [-0.4, -0.2) is 22.2 Å². The molecule has 0 amide bonds. The van der Waals surface area contributed by atoms with E-state index in [9.17, 15) is 15.2 Å². The Morgan fingerprint density at radius 3 is 2.70 bits per heavy atom. The minimum Gasteiger partial charge on any atom is -0.488 e. The molecule has 0 radical (unpaired) electrons. The molecule has 2 atom stereocenters. The Morgan fingerprint density at radius 2 is 2.10 bits per heavy atom. The van der Waals surface area contributed by atoms with Crippen molar-refractivity contribution in [2.24, 2.45) is 5.41 Å². The van der Waals surface area contributed by atoms with Gasteiger partial charge in [-0.05, 0) is 34.8 Å². The monoisotopic (exact) mass is 341 g/mol. The molecule has 1 N–H and O–H groups in total. The topological polar surface area (TPSA) is 72.6 Å². The summed E-state index contributed by atoms with van der Waals surface area (Å²) in [5, 5.41) is 21.0. The smallest absolute Gasteiger partial charge is 0.287 e. The Labute approximate surface area is 125 Å². The molecule has 2 aliphatic rings. The third kappa shape index (κ3) is 2.02. The van der Waals surface area contributed by atoms with E-state index in [-0.39, 0.29) is 23.3 Å². The predicted octanol–water partition coefficient (Wildman–Crippen LogP) is 3.43. The van der Waals surface area contributed by atoms with Crippen molar-refractivity contribution in [2.75, 3.05) is 0 Å². The van der Waals surface area contributed by atoms with Crippen molar-refractivity contribution in [1.82, 2.24) is 0 Å². The van der Waals surface area contributed by atoms with E-state index in [0.29, 0.717) is 16.6 Å². The second-order valence-corrected chi connectivity index (χ2v) is 6.44. The van der Waals surface area contributed by atoms with E-state index in [4.69, 9.17) is 4.74 Å². The highest BCUT2D eigenvalue weighted by Crippen LogP contribution is 2.55. The van der Waals surface area contributed by atoms with Crippen LogP contribution < -0.4 is 4.74 Å². The number of rotatable bonds is 3. The van der Waals surface area contributed by atoms with Crippen molar-refractivity contribution >= 4 is 21.6 Å². The predicted molar refractivity (Wildman–Crippen MR) is 76.7 cm³/mol. The molecule has 3 rings (SSSR count). The van der Waals surface area contributed by atoms with Gasteiger partial charge in [0.25, 0.3) is 5.69 Å². The first-order valence-corrected chi connectivity index (χ1v) is 7.61. The second kappa shape index (κ2) is 5.00. The lowest BCUT2D eigenvalue weighted by Gasteiger charge is -2.51. The van der Waals surface area contributed by atoms with Gasteiger partial charge in [-0.2, -0.15) is 0 Å². The molecule has 0 aromatic heterocycles. The summed E-state index contributed by atoms with van der Waals surface area (Å²) in [6, 6.07) is 4.79. The van der Waals surface area contributed by atoms with Crippen molar-refractivity contribution in [3.63, 3.8) is 0 Å². The zero-order chi connectivity index (χ0) is 14.3. The standard InChI is InChI=1S/C14H16BrNO4/c15-13-9(16(18)19)4-3-5-10(13)20-12-8-11(17)14(12)6-1-2-7-14/h3-5,11-12,17H,1-2,6-8H2. The zero-order valence-corrected chi connectivity index (χ0v) is 12.5. The Bertz CT molecular complexity index is 542. The molecule has 0 aliphatic heterocycles. The summed E-state index contributed by atoms with van der Waals surface area (Å²) in [6.45, 7) is 0. The summed E-state index contributed by atoms with van der Waals surface area (Å²) in [6.07, 6.45) is 4.46. The summed E-state index contributed by atoms with van der Waals surface area (Å²) in [4.78, 5) is 10.5. The summed E-state index contributed by atoms with van der Waals surface area (Å²) in [5.74, 6) is 0.488. The molecular weight excluding hydrogens is 326 g/mol. The van der Waals surface area contributed by atoms with Crippen LogP contribution >= 0.6 is 15.9 Å². The number of nitro benzene ring substituents is 1. The van der Waals surface area contributed by atoms with E-state index < -0.39 is 4.92 Å². The lowest BCUT2D eigenvalue weighted by Crippen LogP contribution is -2.58. The van der Waals surface area contributed by atoms with Gasteiger partial charge in [-0.15, -0.1) is 0 Å². The molecule has 2 fully saturated rings. The normalized spacial score (nSPS) is 27.3. The van der Waals surface area contributed by atoms with E-state index >= 15 is 0 Å². The SMILES string of the molecule is O=[N+]([O-])c1cccc(OC2CC(O)C23CCCC3)c1Br. The number of halogens is 1. The maximum Gasteiger partial charge on any atom is 0.287 e. The number of hydrogen-bond acceptors (Lipinski definition) is 4. The number of ether oxygens (including phenoxy) is 1. The largest absolute Gasteiger partial charge is 0.488 e. The van der Waals surface area contributed by atoms with Crippen LogP contribution in [0.25, 0.3) is 0 Å². The van der Waals surface area contributed by atoms with Crippen LogP contribution in [0.5, 0.6) is 5.75 Å². The van der Waals surface area contributed by atoms with Crippen LogP contribution in [0.3, 0.4) is 0 Å². The molecule has 1 aromatic rings. The van der Waals surface area contributed by atoms with Gasteiger partial charge < -0.3 is 9.84 Å². The lowest BCUT2D eigenvalue weighted by atomic mass is 9.62. The molecule has 0 bridgehead atoms. The van der Waals surface area contributed by atoms with Gasteiger partial charge >= 0.3 is 0 Å². The van der Waals surface area contributed by atoms with Crippen molar-refractivity contribution in [3.05, 3.63) is 32.8 Å². The van der Waals surface area contributed by atoms with Gasteiger partial charge in [0.15, 0.2) is 0 Å². The highest BCUT2D eigenvalue weighted by molar-refractivity contribution is 9.10. The van der Waals surface area contributed by atoms with Crippen LogP contribution in [0.2, 0.25) is 0 Å². The summed E-state index contributed by atoms with van der Waals surface area (Å²) in [7, 11) is 0. The fourth-order valence-electron chi connectivity index (χ4n) is 3.46. The quantitative estimate of drug-likeness (QED) is 0.675. The maximum absolute atomic E-state index is 10.9. The number of nitro groups is 1. The Kier molecular flexibility index (Phi) is 3.46. The number of hydrogen-bond donors (Lipinski definition) is 1. The molecule has 5 nitrogen and oxygen atoms in total. The minimum atomic E-state index is -0.433. The molecule has 20 heavy (non-hydrogen) atoms. The molecule has 2 unspecified atom stereocenters. The minimum absolute atomic E-state index is 0.00263. The molecular formula is C14H16BrNO4. The van der Waals surface area contributed by atoms with E-state index in [1.165, 1.54) is 6.07 Å². The van der Waals surface area contributed by atoms with Crippen LogP contribution in [-0.2, 0) is 0 Å². The van der Waals surface area contributed by atoms with Crippen LogP contribution in [0.4, 0.5) is 5.69 Å². The summed E-state index contributed by atoms with van der Waals surface area (Å²) < 4.78 is 6.34. The highest BCUT2D eigenvalue weighted by Gasteiger charge is 2.57. The molecule has 108 valence electrons. The molecule has 1 spiro atoms. The van der Waals surface area contributed by atoms with E-state index in [0.717, 1.165) is 25.7 Å². The average molecular weight is 342 g/mol. The van der Waals surface area contributed by atoms with Gasteiger partial charge in [0.1, 0.15) is 16.3 Å². The van der Waals surface area contributed by atoms with Crippen LogP contribution in [0, 0.1) is 15.5 Å². The molecule has 0 saturated heterocycles. The third-order valence-electron chi connectivity index (χ3n) is 4.69. The number of nitrogens with zero attached hydrogens (tertiary/aromatic N) is 1.